The third-order valence-corrected chi connectivity index (χ3v) is 6.92. The number of hydrogen-bond donors (Lipinski definition) is 2. The molecule has 0 saturated heterocycles. The van der Waals surface area contributed by atoms with Crippen LogP contribution in [0, 0.1) is 0 Å². The molecule has 2 aromatic heterocycles. The van der Waals surface area contributed by atoms with Crippen molar-refractivity contribution in [3.05, 3.63) is 36.4 Å². The molecular weight excluding hydrogens is 463 g/mol. The number of amides is 1. The molecule has 8 nitrogen and oxygen atoms in total. The van der Waals surface area contributed by atoms with E-state index in [4.69, 9.17) is 0 Å². The summed E-state index contributed by atoms with van der Waals surface area (Å²) >= 11 is 2.54. The normalized spacial score (nSPS) is 15.0. The highest BCUT2D eigenvalue weighted by molar-refractivity contribution is 8.01. The van der Waals surface area contributed by atoms with Gasteiger partial charge in [-0.05, 0) is 31.0 Å². The molecule has 1 amide bonds. The Balaban J connectivity index is 1.39. The third-order valence-electron chi connectivity index (χ3n) is 4.93. The number of rotatable bonds is 7. The smallest absolute Gasteiger partial charge is 0.357 e. The van der Waals surface area contributed by atoms with Crippen molar-refractivity contribution in [3.63, 3.8) is 0 Å². The van der Waals surface area contributed by atoms with Crippen LogP contribution in [-0.2, 0) is 11.0 Å². The van der Waals surface area contributed by atoms with E-state index in [0.717, 1.165) is 25.0 Å². The van der Waals surface area contributed by atoms with E-state index in [-0.39, 0.29) is 17.1 Å². The van der Waals surface area contributed by atoms with Crippen LogP contribution in [0.25, 0.3) is 5.69 Å². The van der Waals surface area contributed by atoms with Crippen molar-refractivity contribution in [2.45, 2.75) is 48.7 Å². The van der Waals surface area contributed by atoms with Crippen molar-refractivity contribution >= 4 is 39.8 Å². The first kappa shape index (κ1) is 22.5. The first-order valence-electron chi connectivity index (χ1n) is 9.97. The Morgan fingerprint density at radius 1 is 1.22 bits per heavy atom. The Morgan fingerprint density at radius 2 is 2.03 bits per heavy atom. The SMILES string of the molecule is O=C(CSc1nnc(NC2CCCCC2)s1)Nc1cc(C(F)(F)F)ccc1-n1cncn1. The number of nitrogens with zero attached hydrogens (tertiary/aromatic N) is 5. The van der Waals surface area contributed by atoms with E-state index in [1.807, 2.05) is 0 Å². The zero-order valence-electron chi connectivity index (χ0n) is 16.8. The lowest BCUT2D eigenvalue weighted by molar-refractivity contribution is -0.137. The van der Waals surface area contributed by atoms with Crippen LogP contribution < -0.4 is 10.6 Å². The second kappa shape index (κ2) is 9.86. The summed E-state index contributed by atoms with van der Waals surface area (Å²) in [6.07, 6.45) is 3.93. The van der Waals surface area contributed by atoms with Crippen LogP contribution in [0.3, 0.4) is 0 Å². The van der Waals surface area contributed by atoms with E-state index in [2.05, 4.69) is 30.9 Å². The van der Waals surface area contributed by atoms with Crippen LogP contribution in [0.5, 0.6) is 0 Å². The van der Waals surface area contributed by atoms with Gasteiger partial charge >= 0.3 is 6.18 Å². The van der Waals surface area contributed by atoms with Crippen molar-refractivity contribution in [1.29, 1.82) is 0 Å². The molecule has 32 heavy (non-hydrogen) atoms. The third kappa shape index (κ3) is 5.76. The Bertz CT molecular complexity index is 1050. The van der Waals surface area contributed by atoms with Gasteiger partial charge in [-0.1, -0.05) is 42.4 Å². The second-order valence-corrected chi connectivity index (χ2v) is 9.46. The lowest BCUT2D eigenvalue weighted by Crippen LogP contribution is -2.21. The number of alkyl halides is 3. The van der Waals surface area contributed by atoms with Crippen LogP contribution in [-0.4, -0.2) is 42.7 Å². The molecule has 2 heterocycles. The molecule has 0 atom stereocenters. The summed E-state index contributed by atoms with van der Waals surface area (Å²) in [6, 6.07) is 3.46. The average molecular weight is 484 g/mol. The minimum Gasteiger partial charge on any atom is -0.357 e. The van der Waals surface area contributed by atoms with E-state index < -0.39 is 17.6 Å². The van der Waals surface area contributed by atoms with Crippen molar-refractivity contribution in [2.24, 2.45) is 0 Å². The summed E-state index contributed by atoms with van der Waals surface area (Å²) in [7, 11) is 0. The number of halogens is 3. The maximum absolute atomic E-state index is 13.1. The maximum atomic E-state index is 13.1. The highest BCUT2D eigenvalue weighted by Gasteiger charge is 2.31. The number of thioether (sulfide) groups is 1. The summed E-state index contributed by atoms with van der Waals surface area (Å²) in [5.74, 6) is -0.488. The van der Waals surface area contributed by atoms with Crippen LogP contribution in [0.15, 0.2) is 35.2 Å². The van der Waals surface area contributed by atoms with E-state index in [1.54, 1.807) is 0 Å². The number of hydrogen-bond acceptors (Lipinski definition) is 8. The van der Waals surface area contributed by atoms with Crippen LogP contribution in [0.2, 0.25) is 0 Å². The molecule has 1 saturated carbocycles. The fourth-order valence-corrected chi connectivity index (χ4v) is 5.04. The Morgan fingerprint density at radius 3 is 2.75 bits per heavy atom. The quantitative estimate of drug-likeness (QED) is 0.474. The predicted molar refractivity (Wildman–Crippen MR) is 116 cm³/mol. The zero-order chi connectivity index (χ0) is 22.6. The number of aromatic nitrogens is 5. The molecule has 0 aliphatic heterocycles. The van der Waals surface area contributed by atoms with E-state index >= 15 is 0 Å². The number of anilines is 2. The first-order valence-corrected chi connectivity index (χ1v) is 11.8. The van der Waals surface area contributed by atoms with Crippen molar-refractivity contribution in [3.8, 4) is 5.69 Å². The summed E-state index contributed by atoms with van der Waals surface area (Å²) in [5, 5.41) is 18.8. The van der Waals surface area contributed by atoms with Gasteiger partial charge in [0.1, 0.15) is 12.7 Å². The highest BCUT2D eigenvalue weighted by Crippen LogP contribution is 2.34. The van der Waals surface area contributed by atoms with Gasteiger partial charge in [-0.15, -0.1) is 10.2 Å². The molecule has 13 heteroatoms. The molecule has 3 aromatic rings. The van der Waals surface area contributed by atoms with Crippen molar-refractivity contribution in [1.82, 2.24) is 25.0 Å². The van der Waals surface area contributed by atoms with Gasteiger partial charge in [0.25, 0.3) is 0 Å². The second-order valence-electron chi connectivity index (χ2n) is 7.26. The van der Waals surface area contributed by atoms with Gasteiger partial charge in [0.2, 0.25) is 11.0 Å². The van der Waals surface area contributed by atoms with Gasteiger partial charge in [-0.2, -0.15) is 18.3 Å². The average Bonchev–Trinajstić information content (AvgIpc) is 3.45. The molecule has 0 radical (unpaired) electrons. The standard InChI is InChI=1S/C19H20F3N7OS2/c20-19(21,22)12-6-7-15(29-11-23-10-24-29)14(8-12)26-16(30)9-31-18-28-27-17(32-18)25-13-4-2-1-3-5-13/h6-8,10-11,13H,1-5,9H2,(H,25,27)(H,26,30). The van der Waals surface area contributed by atoms with Gasteiger partial charge in [-0.25, -0.2) is 9.67 Å². The van der Waals surface area contributed by atoms with Crippen LogP contribution in [0.1, 0.15) is 37.7 Å². The summed E-state index contributed by atoms with van der Waals surface area (Å²) in [4.78, 5) is 16.3. The Kier molecular flexibility index (Phi) is 6.94. The van der Waals surface area contributed by atoms with Crippen LogP contribution >= 0.6 is 23.1 Å². The molecule has 170 valence electrons. The fraction of sp³-hybridized carbons (Fsp3) is 0.421. The van der Waals surface area contributed by atoms with Crippen molar-refractivity contribution in [2.75, 3.05) is 16.4 Å². The van der Waals surface area contributed by atoms with Gasteiger partial charge < -0.3 is 10.6 Å². The molecule has 2 N–H and O–H groups in total. The summed E-state index contributed by atoms with van der Waals surface area (Å²) < 4.78 is 41.3. The van der Waals surface area contributed by atoms with Crippen LogP contribution in [0.4, 0.5) is 24.0 Å². The van der Waals surface area contributed by atoms with E-state index in [9.17, 15) is 18.0 Å². The molecule has 4 rings (SSSR count). The molecule has 1 aromatic carbocycles. The molecule has 1 fully saturated rings. The van der Waals surface area contributed by atoms with E-state index in [1.165, 1.54) is 65.8 Å². The monoisotopic (exact) mass is 483 g/mol. The molecule has 1 aliphatic rings. The summed E-state index contributed by atoms with van der Waals surface area (Å²) in [5.41, 5.74) is -0.594. The van der Waals surface area contributed by atoms with Gasteiger partial charge in [0.15, 0.2) is 4.34 Å². The lowest BCUT2D eigenvalue weighted by Gasteiger charge is -2.21. The van der Waals surface area contributed by atoms with Gasteiger partial charge in [0, 0.05) is 6.04 Å². The number of carbonyl (C=O) groups is 1. The van der Waals surface area contributed by atoms with Crippen molar-refractivity contribution < 1.29 is 18.0 Å². The van der Waals surface area contributed by atoms with Gasteiger partial charge in [-0.3, -0.25) is 4.79 Å². The Labute approximate surface area is 190 Å². The summed E-state index contributed by atoms with van der Waals surface area (Å²) in [6.45, 7) is 0. The number of carbonyl (C=O) groups excluding carboxylic acids is 1. The zero-order valence-corrected chi connectivity index (χ0v) is 18.4. The lowest BCUT2D eigenvalue weighted by atomic mass is 9.96. The minimum absolute atomic E-state index is 0.00663. The molecule has 1 aliphatic carbocycles. The first-order chi connectivity index (χ1) is 15.4. The van der Waals surface area contributed by atoms with E-state index in [0.29, 0.717) is 15.5 Å². The molecule has 0 unspecified atom stereocenters. The topological polar surface area (TPSA) is 97.6 Å². The predicted octanol–water partition coefficient (Wildman–Crippen LogP) is 4.61. The molecular formula is C19H20F3N7OS2. The fourth-order valence-electron chi connectivity index (χ4n) is 3.41. The number of benzene rings is 1. The van der Waals surface area contributed by atoms with Gasteiger partial charge in [0.05, 0.1) is 22.7 Å². The molecule has 0 bridgehead atoms. The Hall–Kier alpha value is -2.67. The minimum atomic E-state index is -4.54. The molecule has 0 spiro atoms. The highest BCUT2D eigenvalue weighted by atomic mass is 32.2. The number of nitrogens with one attached hydrogen (secondary N) is 2. The maximum Gasteiger partial charge on any atom is 0.416 e. The largest absolute Gasteiger partial charge is 0.416 e.